The van der Waals surface area contributed by atoms with Crippen LogP contribution in [0.3, 0.4) is 0 Å². The normalized spacial score (nSPS) is 25.8. The lowest BCUT2D eigenvalue weighted by molar-refractivity contribution is -0.384. The van der Waals surface area contributed by atoms with Gasteiger partial charge in [0.2, 0.25) is 5.91 Å². The van der Waals surface area contributed by atoms with Crippen molar-refractivity contribution in [3.05, 3.63) is 85.8 Å². The molecule has 2 saturated heterocycles. The maximum absolute atomic E-state index is 13.3. The van der Waals surface area contributed by atoms with Crippen molar-refractivity contribution in [1.29, 1.82) is 0 Å². The van der Waals surface area contributed by atoms with Gasteiger partial charge in [-0.3, -0.25) is 24.7 Å². The number of aliphatic hydroxyl groups is 1. The topological polar surface area (TPSA) is 124 Å². The molecule has 4 atom stereocenters. The number of carboxylic acid groups (broad SMARTS) is 1. The molecular formula is C28H31N3O6S2. The molecule has 0 saturated carbocycles. The predicted octanol–water partition coefficient (Wildman–Crippen LogP) is 4.46. The van der Waals surface area contributed by atoms with Crippen molar-refractivity contribution in [1.82, 2.24) is 9.80 Å². The maximum Gasteiger partial charge on any atom is 0.354 e. The number of nitrogens with zero attached hydrogens (tertiary/aromatic N) is 3. The van der Waals surface area contributed by atoms with Gasteiger partial charge in [0.1, 0.15) is 4.87 Å². The lowest BCUT2D eigenvalue weighted by Gasteiger charge is -2.54. The van der Waals surface area contributed by atoms with Gasteiger partial charge in [-0.15, -0.1) is 11.8 Å². The van der Waals surface area contributed by atoms with E-state index in [1.54, 1.807) is 19.1 Å². The van der Waals surface area contributed by atoms with Crippen molar-refractivity contribution in [3.63, 3.8) is 0 Å². The Morgan fingerprint density at radius 1 is 1.21 bits per heavy atom. The minimum absolute atomic E-state index is 0.0170. The SMILES string of the molecule is CC[C@H](O)[C@@H]1C(=O)N2C(C(=O)O)=C(SC3CCCN(Cc4ccccc4)C3)S[C@]12Cc1ccc([N+](=O)[O-])cc1. The quantitative estimate of drug-likeness (QED) is 0.242. The Kier molecular flexibility index (Phi) is 8.04. The molecular weight excluding hydrogens is 538 g/mol. The van der Waals surface area contributed by atoms with Gasteiger partial charge < -0.3 is 10.2 Å². The molecule has 0 radical (unpaired) electrons. The molecule has 0 aromatic heterocycles. The van der Waals surface area contributed by atoms with E-state index in [4.69, 9.17) is 0 Å². The molecule has 5 rings (SSSR count). The van der Waals surface area contributed by atoms with Gasteiger partial charge >= 0.3 is 5.97 Å². The molecule has 2 fully saturated rings. The molecule has 1 amide bonds. The fourth-order valence-corrected chi connectivity index (χ4v) is 9.45. The maximum atomic E-state index is 13.3. The smallest absolute Gasteiger partial charge is 0.354 e. The molecule has 2 aromatic carbocycles. The number of fused-ring (bicyclic) bond motifs is 1. The first-order chi connectivity index (χ1) is 18.7. The number of aliphatic carboxylic acids is 1. The van der Waals surface area contributed by atoms with Crippen LogP contribution >= 0.6 is 23.5 Å². The second-order valence-corrected chi connectivity index (χ2v) is 13.1. The van der Waals surface area contributed by atoms with Crippen molar-refractivity contribution < 1.29 is 24.7 Å². The summed E-state index contributed by atoms with van der Waals surface area (Å²) in [5, 5.41) is 32.4. The minimum atomic E-state index is -1.16. The first-order valence-electron chi connectivity index (χ1n) is 13.1. The van der Waals surface area contributed by atoms with Crippen LogP contribution in [0.15, 0.2) is 64.5 Å². The van der Waals surface area contributed by atoms with E-state index in [2.05, 4.69) is 17.0 Å². The van der Waals surface area contributed by atoms with Gasteiger partial charge in [0, 0.05) is 36.9 Å². The Hall–Kier alpha value is -2.86. The Morgan fingerprint density at radius 3 is 2.56 bits per heavy atom. The van der Waals surface area contributed by atoms with E-state index in [9.17, 15) is 29.9 Å². The van der Waals surface area contributed by atoms with Gasteiger partial charge in [0.25, 0.3) is 5.69 Å². The lowest BCUT2D eigenvalue weighted by atomic mass is 9.77. The summed E-state index contributed by atoms with van der Waals surface area (Å²) in [7, 11) is 0. The summed E-state index contributed by atoms with van der Waals surface area (Å²) in [4.78, 5) is 39.3. The van der Waals surface area contributed by atoms with E-state index in [1.807, 2.05) is 18.2 Å². The van der Waals surface area contributed by atoms with Crippen LogP contribution in [0.1, 0.15) is 37.3 Å². The lowest BCUT2D eigenvalue weighted by Crippen LogP contribution is -2.71. The number of amides is 1. The molecule has 3 aliphatic rings. The highest BCUT2D eigenvalue weighted by Gasteiger charge is 2.68. The second kappa shape index (κ2) is 11.3. The van der Waals surface area contributed by atoms with Crippen LogP contribution in [0.2, 0.25) is 0 Å². The number of benzene rings is 2. The number of carbonyl (C=O) groups is 2. The van der Waals surface area contributed by atoms with Crippen LogP contribution in [0, 0.1) is 16.0 Å². The van der Waals surface area contributed by atoms with E-state index in [1.165, 1.54) is 46.1 Å². The molecule has 3 aliphatic heterocycles. The van der Waals surface area contributed by atoms with Crippen LogP contribution in [0.5, 0.6) is 0 Å². The zero-order chi connectivity index (χ0) is 27.7. The number of hydrogen-bond donors (Lipinski definition) is 2. The number of nitro groups is 1. The third-order valence-corrected chi connectivity index (χ3v) is 10.6. The van der Waals surface area contributed by atoms with Gasteiger partial charge in [-0.05, 0) is 36.9 Å². The number of nitro benzene ring substituents is 1. The number of carbonyl (C=O) groups excluding carboxylic acids is 1. The van der Waals surface area contributed by atoms with Crippen LogP contribution in [0.4, 0.5) is 5.69 Å². The van der Waals surface area contributed by atoms with Crippen molar-refractivity contribution >= 4 is 41.1 Å². The summed E-state index contributed by atoms with van der Waals surface area (Å²) in [6.45, 7) is 4.41. The summed E-state index contributed by atoms with van der Waals surface area (Å²) in [5.74, 6) is -2.32. The summed E-state index contributed by atoms with van der Waals surface area (Å²) in [6.07, 6.45) is 1.65. The highest BCUT2D eigenvalue weighted by molar-refractivity contribution is 8.23. The largest absolute Gasteiger partial charge is 0.477 e. The van der Waals surface area contributed by atoms with Gasteiger partial charge in [-0.1, -0.05) is 61.2 Å². The van der Waals surface area contributed by atoms with Crippen molar-refractivity contribution in [3.8, 4) is 0 Å². The van der Waals surface area contributed by atoms with Crippen LogP contribution in [0.25, 0.3) is 0 Å². The van der Waals surface area contributed by atoms with Crippen LogP contribution in [-0.4, -0.2) is 66.1 Å². The molecule has 206 valence electrons. The zero-order valence-corrected chi connectivity index (χ0v) is 23.2. The minimum Gasteiger partial charge on any atom is -0.477 e. The number of thioether (sulfide) groups is 2. The number of likely N-dealkylation sites (tertiary alicyclic amines) is 1. The Balaban J connectivity index is 1.40. The highest BCUT2D eigenvalue weighted by atomic mass is 32.2. The standard InChI is InChI=1S/C28H31N3O6S2/c1-2-22(32)23-25(33)30-24(26(34)35)27(39-28(23,30)15-18-10-12-20(13-11-18)31(36)37)38-21-9-6-14-29(17-21)16-19-7-4-3-5-8-19/h3-5,7-8,10-13,21-23,32H,2,6,9,14-17H2,1H3,(H,34,35)/t21?,22-,23+,28+/m0/s1. The Labute approximate surface area is 235 Å². The van der Waals surface area contributed by atoms with E-state index < -0.39 is 27.8 Å². The van der Waals surface area contributed by atoms with Crippen molar-refractivity contribution in [2.45, 2.75) is 55.4 Å². The van der Waals surface area contributed by atoms with Crippen LogP contribution in [-0.2, 0) is 22.6 Å². The molecule has 11 heteroatoms. The summed E-state index contributed by atoms with van der Waals surface area (Å²) >= 11 is 2.88. The number of hydrogen-bond acceptors (Lipinski definition) is 8. The number of carboxylic acids is 1. The van der Waals surface area contributed by atoms with Gasteiger partial charge in [-0.2, -0.15) is 0 Å². The van der Waals surface area contributed by atoms with Crippen LogP contribution < -0.4 is 0 Å². The molecule has 2 aromatic rings. The van der Waals surface area contributed by atoms with E-state index in [0.29, 0.717) is 10.7 Å². The monoisotopic (exact) mass is 569 g/mol. The van der Waals surface area contributed by atoms with Crippen molar-refractivity contribution in [2.75, 3.05) is 13.1 Å². The number of β-lactam (4-membered cyclic amide) rings is 1. The first kappa shape index (κ1) is 27.7. The molecule has 9 nitrogen and oxygen atoms in total. The highest BCUT2D eigenvalue weighted by Crippen LogP contribution is 2.63. The molecule has 0 spiro atoms. The van der Waals surface area contributed by atoms with E-state index in [-0.39, 0.29) is 29.0 Å². The van der Waals surface area contributed by atoms with E-state index >= 15 is 0 Å². The third kappa shape index (κ3) is 5.32. The molecule has 1 unspecified atom stereocenters. The predicted molar refractivity (Wildman–Crippen MR) is 151 cm³/mol. The Bertz CT molecular complexity index is 1290. The summed E-state index contributed by atoms with van der Waals surface area (Å²) in [6, 6.07) is 16.3. The fraction of sp³-hybridized carbons (Fsp3) is 0.429. The average Bonchev–Trinajstić information content (AvgIpc) is 3.19. The number of aliphatic hydroxyl groups excluding tert-OH is 1. The van der Waals surface area contributed by atoms with Gasteiger partial charge in [-0.25, -0.2) is 4.79 Å². The van der Waals surface area contributed by atoms with Gasteiger partial charge in [0.15, 0.2) is 5.70 Å². The van der Waals surface area contributed by atoms with Crippen molar-refractivity contribution in [2.24, 2.45) is 5.92 Å². The zero-order valence-electron chi connectivity index (χ0n) is 21.6. The molecule has 3 heterocycles. The average molecular weight is 570 g/mol. The van der Waals surface area contributed by atoms with Gasteiger partial charge in [0.05, 0.1) is 21.2 Å². The summed E-state index contributed by atoms with van der Waals surface area (Å²) < 4.78 is 0.593. The fourth-order valence-electron chi connectivity index (χ4n) is 5.76. The second-order valence-electron chi connectivity index (χ2n) is 10.2. The molecule has 39 heavy (non-hydrogen) atoms. The molecule has 0 aliphatic carbocycles. The third-order valence-electron chi connectivity index (χ3n) is 7.63. The van der Waals surface area contributed by atoms with E-state index in [0.717, 1.165) is 38.0 Å². The first-order valence-corrected chi connectivity index (χ1v) is 14.8. The molecule has 0 bridgehead atoms. The number of non-ortho nitro benzene ring substituents is 1. The number of rotatable bonds is 10. The Morgan fingerprint density at radius 2 is 1.92 bits per heavy atom. The molecule has 2 N–H and O–H groups in total. The summed E-state index contributed by atoms with van der Waals surface area (Å²) in [5.41, 5.74) is 1.91. The number of piperidine rings is 1.